The smallest absolute Gasteiger partial charge is 0.316 e. The maximum absolute atomic E-state index is 13.4. The Labute approximate surface area is 264 Å². The van der Waals surface area contributed by atoms with Crippen LogP contribution in [0.4, 0.5) is 4.79 Å². The first-order valence-corrected chi connectivity index (χ1v) is 14.5. The quantitative estimate of drug-likeness (QED) is 0.103. The van der Waals surface area contributed by atoms with Crippen LogP contribution in [0.3, 0.4) is 0 Å². The third-order valence-corrected chi connectivity index (χ3v) is 6.84. The number of nitrogens with two attached hydrogens (primary N) is 5. The highest BCUT2D eigenvalue weighted by Crippen LogP contribution is 2.07. The number of hydrogen-bond acceptors (Lipinski definition) is 13. The molecule has 256 valence electrons. The summed E-state index contributed by atoms with van der Waals surface area (Å²) in [7, 11) is 0. The van der Waals surface area contributed by atoms with E-state index in [0.29, 0.717) is 19.4 Å². The topological polar surface area (TPSA) is 358 Å². The molecule has 1 fully saturated rings. The van der Waals surface area contributed by atoms with Gasteiger partial charge in [-0.05, 0) is 32.7 Å². The van der Waals surface area contributed by atoms with E-state index < -0.39 is 90.0 Å². The van der Waals surface area contributed by atoms with E-state index in [4.69, 9.17) is 28.7 Å². The first-order valence-electron chi connectivity index (χ1n) is 14.5. The van der Waals surface area contributed by atoms with Crippen molar-refractivity contribution in [3.8, 4) is 0 Å². The first kappa shape index (κ1) is 37.2. The van der Waals surface area contributed by atoms with Crippen molar-refractivity contribution in [3.05, 3.63) is 11.9 Å². The first-order chi connectivity index (χ1) is 21.7. The summed E-state index contributed by atoms with van der Waals surface area (Å²) >= 11 is 0. The molecule has 0 bridgehead atoms. The standard InChI is InChI=1S/C25H44N14O7/c1-11-19(41)36-15(9-32-17(40)7-12(27)3-2-5-26)21(43)37-16(10-34-25(30)46)22(44)39-18(14-4-6-31-24(29)38-14)23(45)33-8-13(28)20(42)35-11/h10-15,18H,2-9,26-28H2,1H3,(H,32,40)(H,33,45)(H,35,42)(H,36,41)(H,37,43)(H,39,44)(H3,29,31,38)(H3,30,34,46)/b16-10-/t11-,12-,13-,14?,15-,18+/m0/s1. The Morgan fingerprint density at radius 2 is 1.76 bits per heavy atom. The molecule has 21 heteroatoms. The van der Waals surface area contributed by atoms with Gasteiger partial charge in [-0.1, -0.05) is 0 Å². The predicted octanol–water partition coefficient (Wildman–Crippen LogP) is -7.21. The van der Waals surface area contributed by atoms with E-state index in [1.807, 2.05) is 0 Å². The highest BCUT2D eigenvalue weighted by molar-refractivity contribution is 6.02. The summed E-state index contributed by atoms with van der Waals surface area (Å²) < 4.78 is 0. The lowest BCUT2D eigenvalue weighted by atomic mass is 10.0. The second-order valence-electron chi connectivity index (χ2n) is 10.7. The number of nitrogens with zero attached hydrogens (tertiary/aromatic N) is 1. The summed E-state index contributed by atoms with van der Waals surface area (Å²) in [6.07, 6.45) is 2.01. The molecule has 2 heterocycles. The van der Waals surface area contributed by atoms with Crippen LogP contribution in [-0.2, 0) is 28.8 Å². The van der Waals surface area contributed by atoms with E-state index in [1.54, 1.807) is 0 Å². The largest absolute Gasteiger partial charge is 0.370 e. The summed E-state index contributed by atoms with van der Waals surface area (Å²) in [6, 6.07) is -7.79. The van der Waals surface area contributed by atoms with Crippen LogP contribution in [0.5, 0.6) is 0 Å². The van der Waals surface area contributed by atoms with Gasteiger partial charge >= 0.3 is 6.03 Å². The number of carbonyl (C=O) groups is 7. The van der Waals surface area contributed by atoms with Gasteiger partial charge in [-0.3, -0.25) is 33.8 Å². The lowest BCUT2D eigenvalue weighted by Gasteiger charge is -2.31. The average molecular weight is 653 g/mol. The zero-order valence-corrected chi connectivity index (χ0v) is 25.4. The summed E-state index contributed by atoms with van der Waals surface area (Å²) in [5.74, 6) is -5.04. The predicted molar refractivity (Wildman–Crippen MR) is 163 cm³/mol. The molecule has 0 spiro atoms. The van der Waals surface area contributed by atoms with Gasteiger partial charge in [0.15, 0.2) is 5.96 Å². The van der Waals surface area contributed by atoms with Crippen LogP contribution in [0.1, 0.15) is 32.6 Å². The molecule has 0 aromatic heterocycles. The highest BCUT2D eigenvalue weighted by Gasteiger charge is 2.34. The second kappa shape index (κ2) is 18.1. The van der Waals surface area contributed by atoms with E-state index in [0.717, 1.165) is 6.20 Å². The summed E-state index contributed by atoms with van der Waals surface area (Å²) in [6.45, 7) is 1.08. The van der Waals surface area contributed by atoms with E-state index in [2.05, 4.69) is 47.5 Å². The number of amides is 8. The van der Waals surface area contributed by atoms with Crippen LogP contribution < -0.4 is 71.2 Å². The number of aliphatic imine (C=N–C) groups is 1. The van der Waals surface area contributed by atoms with Gasteiger partial charge in [-0.15, -0.1) is 0 Å². The maximum atomic E-state index is 13.4. The SMILES string of the molecule is C[C@@H]1NC(=O)[C@@H](N)CNC(=O)[C@@H](C2CCN=C(N)N2)NC(=O)/C(=C/NC(N)=O)NC(=O)[C@H](CNC(=O)C[C@@H](N)CCCN)NC1=O. The summed E-state index contributed by atoms with van der Waals surface area (Å²) in [4.78, 5) is 93.7. The molecule has 18 N–H and O–H groups in total. The van der Waals surface area contributed by atoms with Crippen LogP contribution >= 0.6 is 0 Å². The molecule has 21 nitrogen and oxygen atoms in total. The number of carbonyl (C=O) groups excluding carboxylic acids is 7. The van der Waals surface area contributed by atoms with Crippen LogP contribution in [0.25, 0.3) is 0 Å². The molecule has 0 radical (unpaired) electrons. The molecule has 0 aromatic carbocycles. The highest BCUT2D eigenvalue weighted by atomic mass is 16.2. The Balaban J connectivity index is 2.42. The normalized spacial score (nSPS) is 26.6. The average Bonchev–Trinajstić information content (AvgIpc) is 3.00. The Hall–Kier alpha value is -5.02. The van der Waals surface area contributed by atoms with Gasteiger partial charge in [0.05, 0.1) is 6.04 Å². The number of urea groups is 1. The summed E-state index contributed by atoms with van der Waals surface area (Å²) in [5, 5.41) is 19.4. The van der Waals surface area contributed by atoms with Crippen molar-refractivity contribution in [3.63, 3.8) is 0 Å². The molecule has 1 unspecified atom stereocenters. The minimum absolute atomic E-state index is 0.0101. The molecule has 2 aliphatic rings. The molecule has 46 heavy (non-hydrogen) atoms. The van der Waals surface area contributed by atoms with E-state index in [9.17, 15) is 33.6 Å². The van der Waals surface area contributed by atoms with Gasteiger partial charge in [0.1, 0.15) is 29.9 Å². The molecule has 2 aliphatic heterocycles. The Kier molecular flexibility index (Phi) is 14.6. The third-order valence-electron chi connectivity index (χ3n) is 6.84. The van der Waals surface area contributed by atoms with Crippen molar-refractivity contribution in [2.24, 2.45) is 33.7 Å². The van der Waals surface area contributed by atoms with Crippen LogP contribution in [0, 0.1) is 0 Å². The number of rotatable bonds is 9. The monoisotopic (exact) mass is 652 g/mol. The number of primary amides is 1. The minimum Gasteiger partial charge on any atom is -0.370 e. The van der Waals surface area contributed by atoms with Crippen molar-refractivity contribution in [1.29, 1.82) is 0 Å². The van der Waals surface area contributed by atoms with Gasteiger partial charge in [-0.2, -0.15) is 0 Å². The molecule has 1 saturated heterocycles. The maximum Gasteiger partial charge on any atom is 0.316 e. The Morgan fingerprint density at radius 3 is 2.41 bits per heavy atom. The fourth-order valence-corrected chi connectivity index (χ4v) is 4.28. The molecular weight excluding hydrogens is 608 g/mol. The number of hydrogen-bond donors (Lipinski definition) is 13. The van der Waals surface area contributed by atoms with Crippen molar-refractivity contribution in [2.75, 3.05) is 26.2 Å². The zero-order chi connectivity index (χ0) is 34.4. The fourth-order valence-electron chi connectivity index (χ4n) is 4.28. The van der Waals surface area contributed by atoms with E-state index >= 15 is 0 Å². The van der Waals surface area contributed by atoms with E-state index in [-0.39, 0.29) is 31.9 Å². The van der Waals surface area contributed by atoms with Gasteiger partial charge in [0.25, 0.3) is 5.91 Å². The molecule has 0 aromatic rings. The lowest BCUT2D eigenvalue weighted by Crippen LogP contribution is -2.63. The Morgan fingerprint density at radius 1 is 1.04 bits per heavy atom. The zero-order valence-electron chi connectivity index (χ0n) is 25.4. The molecule has 0 saturated carbocycles. The second-order valence-corrected chi connectivity index (χ2v) is 10.7. The molecule has 8 amide bonds. The van der Waals surface area contributed by atoms with Crippen LogP contribution in [0.2, 0.25) is 0 Å². The molecular formula is C25H44N14O7. The fraction of sp³-hybridized carbons (Fsp3) is 0.600. The minimum atomic E-state index is -1.52. The number of guanidine groups is 1. The lowest BCUT2D eigenvalue weighted by molar-refractivity contribution is -0.133. The van der Waals surface area contributed by atoms with E-state index in [1.165, 1.54) is 6.92 Å². The Bertz CT molecular complexity index is 1230. The summed E-state index contributed by atoms with van der Waals surface area (Å²) in [5.41, 5.74) is 27.7. The van der Waals surface area contributed by atoms with Crippen molar-refractivity contribution in [2.45, 2.75) is 68.9 Å². The van der Waals surface area contributed by atoms with Crippen LogP contribution in [0.15, 0.2) is 16.9 Å². The van der Waals surface area contributed by atoms with Gasteiger partial charge < -0.3 is 71.2 Å². The van der Waals surface area contributed by atoms with Crippen LogP contribution in [-0.4, -0.2) is 110 Å². The van der Waals surface area contributed by atoms with Crippen molar-refractivity contribution < 1.29 is 33.6 Å². The number of nitrogens with one attached hydrogen (secondary N) is 8. The van der Waals surface area contributed by atoms with Gasteiger partial charge in [-0.25, -0.2) is 4.79 Å². The third kappa shape index (κ3) is 12.2. The van der Waals surface area contributed by atoms with Crippen molar-refractivity contribution in [1.82, 2.24) is 42.5 Å². The van der Waals surface area contributed by atoms with Gasteiger partial charge in [0.2, 0.25) is 29.5 Å². The molecule has 2 rings (SSSR count). The molecule has 0 aliphatic carbocycles. The van der Waals surface area contributed by atoms with Gasteiger partial charge in [0, 0.05) is 38.3 Å². The van der Waals surface area contributed by atoms with Crippen molar-refractivity contribution >= 4 is 47.4 Å². The molecule has 6 atom stereocenters.